The Hall–Kier alpha value is -3.53. The maximum atomic E-state index is 13.4. The summed E-state index contributed by atoms with van der Waals surface area (Å²) < 4.78 is 27.0. The van der Waals surface area contributed by atoms with Gasteiger partial charge in [0.1, 0.15) is 17.3 Å². The van der Waals surface area contributed by atoms with Gasteiger partial charge in [0.2, 0.25) is 0 Å². The minimum atomic E-state index is -0.267. The van der Waals surface area contributed by atoms with Crippen molar-refractivity contribution in [1.29, 1.82) is 0 Å². The second-order valence-electron chi connectivity index (χ2n) is 7.78. The molecular weight excluding hydrogens is 389 g/mol. The topological polar surface area (TPSA) is 23.4 Å². The molecule has 0 spiro atoms. The summed E-state index contributed by atoms with van der Waals surface area (Å²) in [6.07, 6.45) is 4.33. The van der Waals surface area contributed by atoms with Gasteiger partial charge in [0.05, 0.1) is 14.2 Å². The smallest absolute Gasteiger partial charge is 0.127 e. The Morgan fingerprint density at radius 3 is 2.06 bits per heavy atom. The molecule has 0 fully saturated rings. The normalized spacial score (nSPS) is 10.9. The fraction of sp³-hybridized carbons (Fsp3) is 0.185. The number of fused-ring (bicyclic) bond motifs is 1. The van der Waals surface area contributed by atoms with E-state index >= 15 is 0 Å². The van der Waals surface area contributed by atoms with E-state index in [1.807, 2.05) is 12.1 Å². The van der Waals surface area contributed by atoms with Gasteiger partial charge in [-0.25, -0.2) is 4.39 Å². The lowest BCUT2D eigenvalue weighted by atomic mass is 9.97. The molecule has 1 aromatic heterocycles. The third-order valence-electron chi connectivity index (χ3n) is 5.46. The van der Waals surface area contributed by atoms with E-state index in [2.05, 4.69) is 55.0 Å². The van der Waals surface area contributed by atoms with E-state index < -0.39 is 0 Å². The summed E-state index contributed by atoms with van der Waals surface area (Å²) in [7, 11) is 3.30. The minimum absolute atomic E-state index is 0.267. The molecule has 0 saturated carbocycles. The Morgan fingerprint density at radius 1 is 0.839 bits per heavy atom. The first kappa shape index (κ1) is 20.7. The number of nitrogens with zero attached hydrogens (tertiary/aromatic N) is 1. The van der Waals surface area contributed by atoms with Crippen LogP contribution in [-0.2, 0) is 6.54 Å². The zero-order valence-electron chi connectivity index (χ0n) is 18.3. The summed E-state index contributed by atoms with van der Waals surface area (Å²) in [5, 5.41) is 1.17. The predicted molar refractivity (Wildman–Crippen MR) is 125 cm³/mol. The SMILES string of the molecule is COc1cc(-c2ccc3c(ccn3CC=C(C)C)c2)c(OC)cc1-c1ccc(F)cc1. The molecule has 0 aliphatic rings. The molecular formula is C27H26FNO2. The summed E-state index contributed by atoms with van der Waals surface area (Å²) in [5.41, 5.74) is 6.22. The van der Waals surface area contributed by atoms with Gasteiger partial charge in [-0.15, -0.1) is 0 Å². The molecule has 3 aromatic carbocycles. The van der Waals surface area contributed by atoms with Crippen molar-refractivity contribution in [3.8, 4) is 33.8 Å². The van der Waals surface area contributed by atoms with Crippen molar-refractivity contribution in [2.45, 2.75) is 20.4 Å². The number of benzene rings is 3. The monoisotopic (exact) mass is 415 g/mol. The molecule has 0 aliphatic carbocycles. The molecule has 0 N–H and O–H groups in total. The number of allylic oxidation sites excluding steroid dienone is 2. The first-order chi connectivity index (χ1) is 15.0. The summed E-state index contributed by atoms with van der Waals surface area (Å²) in [5.74, 6) is 1.18. The van der Waals surface area contributed by atoms with Crippen LogP contribution in [0.2, 0.25) is 0 Å². The van der Waals surface area contributed by atoms with Gasteiger partial charge in [-0.05, 0) is 67.4 Å². The van der Waals surface area contributed by atoms with Gasteiger partial charge >= 0.3 is 0 Å². The third kappa shape index (κ3) is 4.19. The van der Waals surface area contributed by atoms with Crippen LogP contribution in [0.25, 0.3) is 33.2 Å². The van der Waals surface area contributed by atoms with Crippen LogP contribution in [0, 0.1) is 5.82 Å². The molecule has 158 valence electrons. The van der Waals surface area contributed by atoms with E-state index in [4.69, 9.17) is 9.47 Å². The largest absolute Gasteiger partial charge is 0.496 e. The van der Waals surface area contributed by atoms with Crippen molar-refractivity contribution in [1.82, 2.24) is 4.57 Å². The van der Waals surface area contributed by atoms with Crippen LogP contribution in [0.3, 0.4) is 0 Å². The first-order valence-electron chi connectivity index (χ1n) is 10.2. The highest BCUT2D eigenvalue weighted by Crippen LogP contribution is 2.41. The molecule has 31 heavy (non-hydrogen) atoms. The van der Waals surface area contributed by atoms with Crippen molar-refractivity contribution in [2.75, 3.05) is 14.2 Å². The molecule has 0 bridgehead atoms. The number of methoxy groups -OCH3 is 2. The second kappa shape index (κ2) is 8.68. The average molecular weight is 416 g/mol. The lowest BCUT2D eigenvalue weighted by Gasteiger charge is -2.16. The molecule has 4 aromatic rings. The van der Waals surface area contributed by atoms with Crippen LogP contribution < -0.4 is 9.47 Å². The van der Waals surface area contributed by atoms with E-state index in [1.54, 1.807) is 26.4 Å². The number of hydrogen-bond acceptors (Lipinski definition) is 2. The van der Waals surface area contributed by atoms with Crippen molar-refractivity contribution in [3.05, 3.63) is 84.3 Å². The van der Waals surface area contributed by atoms with E-state index in [1.165, 1.54) is 28.6 Å². The predicted octanol–water partition coefficient (Wildman–Crippen LogP) is 7.10. The van der Waals surface area contributed by atoms with Crippen molar-refractivity contribution in [3.63, 3.8) is 0 Å². The standard InChI is InChI=1S/C27H26FNO2/c1-18(2)11-13-29-14-12-21-15-20(7-10-25(21)29)24-17-26(30-3)23(16-27(24)31-4)19-5-8-22(28)9-6-19/h5-12,14-17H,13H2,1-4H3. The van der Waals surface area contributed by atoms with Crippen molar-refractivity contribution >= 4 is 10.9 Å². The summed E-state index contributed by atoms with van der Waals surface area (Å²) in [6, 6.07) is 18.9. The van der Waals surface area contributed by atoms with Gasteiger partial charge in [-0.3, -0.25) is 0 Å². The molecule has 0 unspecified atom stereocenters. The summed E-state index contributed by atoms with van der Waals surface area (Å²) >= 11 is 0. The fourth-order valence-electron chi connectivity index (χ4n) is 3.79. The number of ether oxygens (including phenoxy) is 2. The van der Waals surface area contributed by atoms with E-state index in [0.717, 1.165) is 34.5 Å². The quantitative estimate of drug-likeness (QED) is 0.314. The fourth-order valence-corrected chi connectivity index (χ4v) is 3.79. The maximum absolute atomic E-state index is 13.4. The molecule has 1 heterocycles. The van der Waals surface area contributed by atoms with Crippen LogP contribution in [0.1, 0.15) is 13.8 Å². The summed E-state index contributed by atoms with van der Waals surface area (Å²) in [6.45, 7) is 5.08. The number of rotatable bonds is 6. The Morgan fingerprint density at radius 2 is 1.45 bits per heavy atom. The van der Waals surface area contributed by atoms with Crippen LogP contribution in [-0.4, -0.2) is 18.8 Å². The van der Waals surface area contributed by atoms with Crippen LogP contribution >= 0.6 is 0 Å². The Kier molecular flexibility index (Phi) is 5.81. The highest BCUT2D eigenvalue weighted by Gasteiger charge is 2.15. The highest BCUT2D eigenvalue weighted by molar-refractivity contribution is 5.88. The van der Waals surface area contributed by atoms with Crippen molar-refractivity contribution < 1.29 is 13.9 Å². The van der Waals surface area contributed by atoms with E-state index in [9.17, 15) is 4.39 Å². The molecule has 0 saturated heterocycles. The van der Waals surface area contributed by atoms with Crippen LogP contribution in [0.4, 0.5) is 4.39 Å². The minimum Gasteiger partial charge on any atom is -0.496 e. The zero-order chi connectivity index (χ0) is 22.0. The van der Waals surface area contributed by atoms with Gasteiger partial charge in [0.15, 0.2) is 0 Å². The molecule has 0 aliphatic heterocycles. The third-order valence-corrected chi connectivity index (χ3v) is 5.46. The Bertz CT molecular complexity index is 1250. The molecule has 0 atom stereocenters. The average Bonchev–Trinajstić information content (AvgIpc) is 3.19. The van der Waals surface area contributed by atoms with Gasteiger partial charge < -0.3 is 14.0 Å². The maximum Gasteiger partial charge on any atom is 0.127 e. The number of halogens is 1. The molecule has 0 radical (unpaired) electrons. The van der Waals surface area contributed by atoms with Gasteiger partial charge in [-0.1, -0.05) is 29.8 Å². The van der Waals surface area contributed by atoms with E-state index in [0.29, 0.717) is 5.75 Å². The highest BCUT2D eigenvalue weighted by atomic mass is 19.1. The summed E-state index contributed by atoms with van der Waals surface area (Å²) in [4.78, 5) is 0. The lowest BCUT2D eigenvalue weighted by molar-refractivity contribution is 0.406. The molecule has 4 rings (SSSR count). The lowest BCUT2D eigenvalue weighted by Crippen LogP contribution is -1.95. The first-order valence-corrected chi connectivity index (χ1v) is 10.2. The second-order valence-corrected chi connectivity index (χ2v) is 7.78. The van der Waals surface area contributed by atoms with Crippen molar-refractivity contribution in [2.24, 2.45) is 0 Å². The van der Waals surface area contributed by atoms with Gasteiger partial charge in [0.25, 0.3) is 0 Å². The number of hydrogen-bond donors (Lipinski definition) is 0. The molecule has 0 amide bonds. The Balaban J connectivity index is 1.79. The van der Waals surface area contributed by atoms with Gasteiger partial charge in [0, 0.05) is 34.8 Å². The van der Waals surface area contributed by atoms with Gasteiger partial charge in [-0.2, -0.15) is 0 Å². The molecule has 3 nitrogen and oxygen atoms in total. The molecule has 4 heteroatoms. The number of aromatic nitrogens is 1. The Labute approximate surface area is 182 Å². The zero-order valence-corrected chi connectivity index (χ0v) is 18.3. The van der Waals surface area contributed by atoms with E-state index in [-0.39, 0.29) is 5.82 Å². The van der Waals surface area contributed by atoms with Crippen LogP contribution in [0.5, 0.6) is 11.5 Å². The van der Waals surface area contributed by atoms with Crippen LogP contribution in [0.15, 0.2) is 78.5 Å².